The first-order valence-electron chi connectivity index (χ1n) is 7.57. The molecule has 0 radical (unpaired) electrons. The molecule has 0 aliphatic rings. The lowest BCUT2D eigenvalue weighted by molar-refractivity contribution is -0.114. The molecule has 0 aromatic heterocycles. The summed E-state index contributed by atoms with van der Waals surface area (Å²) in [5.74, 6) is 1.68. The molecule has 0 saturated heterocycles. The van der Waals surface area contributed by atoms with Gasteiger partial charge >= 0.3 is 0 Å². The number of ketones is 1. The second kappa shape index (κ2) is 6.88. The highest BCUT2D eigenvalue weighted by atomic mass is 32.2. The highest BCUT2D eigenvalue weighted by Crippen LogP contribution is 2.26. The van der Waals surface area contributed by atoms with Crippen molar-refractivity contribution in [1.82, 2.24) is 0 Å². The standard InChI is InChI=1S/C20H19NOS/c1-14(22)12-23-13-15-2-4-16(5-3-15)17-6-7-19-11-20(21)9-8-18(19)10-17/h2-11H,12-13,21H2,1H3. The lowest BCUT2D eigenvalue weighted by Crippen LogP contribution is -1.93. The zero-order valence-corrected chi connectivity index (χ0v) is 13.9. The third kappa shape index (κ3) is 3.93. The van der Waals surface area contributed by atoms with Crippen molar-refractivity contribution in [1.29, 1.82) is 0 Å². The van der Waals surface area contributed by atoms with Gasteiger partial charge in [0, 0.05) is 11.4 Å². The van der Waals surface area contributed by atoms with E-state index in [-0.39, 0.29) is 5.78 Å². The van der Waals surface area contributed by atoms with Gasteiger partial charge < -0.3 is 5.73 Å². The smallest absolute Gasteiger partial charge is 0.139 e. The van der Waals surface area contributed by atoms with Gasteiger partial charge in [0.2, 0.25) is 0 Å². The molecule has 2 N–H and O–H groups in total. The number of rotatable bonds is 5. The Morgan fingerprint density at radius 2 is 1.57 bits per heavy atom. The van der Waals surface area contributed by atoms with Gasteiger partial charge in [0.1, 0.15) is 5.78 Å². The summed E-state index contributed by atoms with van der Waals surface area (Å²) in [7, 11) is 0. The van der Waals surface area contributed by atoms with Crippen molar-refractivity contribution in [2.24, 2.45) is 0 Å². The van der Waals surface area contributed by atoms with Crippen LogP contribution in [-0.2, 0) is 10.5 Å². The van der Waals surface area contributed by atoms with E-state index in [2.05, 4.69) is 48.5 Å². The molecule has 0 fully saturated rings. The fraction of sp³-hybridized carbons (Fsp3) is 0.150. The minimum Gasteiger partial charge on any atom is -0.399 e. The van der Waals surface area contributed by atoms with E-state index in [4.69, 9.17) is 5.73 Å². The maximum absolute atomic E-state index is 11.0. The van der Waals surface area contributed by atoms with Crippen molar-refractivity contribution < 1.29 is 4.79 Å². The van der Waals surface area contributed by atoms with Crippen LogP contribution < -0.4 is 5.73 Å². The minimum atomic E-state index is 0.225. The summed E-state index contributed by atoms with van der Waals surface area (Å²) in [6, 6.07) is 21.0. The highest BCUT2D eigenvalue weighted by molar-refractivity contribution is 7.99. The van der Waals surface area contributed by atoms with Crippen LogP contribution in [-0.4, -0.2) is 11.5 Å². The van der Waals surface area contributed by atoms with E-state index in [1.807, 2.05) is 12.1 Å². The topological polar surface area (TPSA) is 43.1 Å². The lowest BCUT2D eigenvalue weighted by atomic mass is 10.0. The van der Waals surface area contributed by atoms with E-state index in [9.17, 15) is 4.79 Å². The number of hydrogen-bond acceptors (Lipinski definition) is 3. The summed E-state index contributed by atoms with van der Waals surface area (Å²) in [5.41, 5.74) is 10.3. The fourth-order valence-electron chi connectivity index (χ4n) is 2.55. The molecule has 0 heterocycles. The Labute approximate surface area is 140 Å². The van der Waals surface area contributed by atoms with Gasteiger partial charge in [0.25, 0.3) is 0 Å². The third-order valence-electron chi connectivity index (χ3n) is 3.73. The Balaban J connectivity index is 1.79. The molecular weight excluding hydrogens is 302 g/mol. The number of benzene rings is 3. The Kier molecular flexibility index (Phi) is 4.68. The highest BCUT2D eigenvalue weighted by Gasteiger charge is 2.02. The van der Waals surface area contributed by atoms with Crippen LogP contribution in [0.5, 0.6) is 0 Å². The van der Waals surface area contributed by atoms with E-state index >= 15 is 0 Å². The van der Waals surface area contributed by atoms with Crippen molar-refractivity contribution in [3.63, 3.8) is 0 Å². The molecule has 3 heteroatoms. The molecule has 0 saturated carbocycles. The molecule has 0 aliphatic heterocycles. The van der Waals surface area contributed by atoms with Gasteiger partial charge in [-0.25, -0.2) is 0 Å². The van der Waals surface area contributed by atoms with Gasteiger partial charge in [-0.15, -0.1) is 11.8 Å². The molecule has 0 amide bonds. The van der Waals surface area contributed by atoms with Gasteiger partial charge in [0.15, 0.2) is 0 Å². The molecule has 0 bridgehead atoms. The van der Waals surface area contributed by atoms with E-state index in [0.717, 1.165) is 16.8 Å². The number of nitrogen functional groups attached to an aromatic ring is 1. The van der Waals surface area contributed by atoms with E-state index in [1.54, 1.807) is 18.7 Å². The second-order valence-electron chi connectivity index (χ2n) is 5.71. The van der Waals surface area contributed by atoms with Crippen molar-refractivity contribution in [2.45, 2.75) is 12.7 Å². The Bertz CT molecular complexity index is 840. The average molecular weight is 321 g/mol. The molecule has 0 atom stereocenters. The van der Waals surface area contributed by atoms with E-state index in [0.29, 0.717) is 5.75 Å². The quantitative estimate of drug-likeness (QED) is 0.679. The van der Waals surface area contributed by atoms with Crippen LogP contribution in [0.3, 0.4) is 0 Å². The number of hydrogen-bond donors (Lipinski definition) is 1. The van der Waals surface area contributed by atoms with Crippen LogP contribution in [0, 0.1) is 0 Å². The summed E-state index contributed by atoms with van der Waals surface area (Å²) in [6.07, 6.45) is 0. The van der Waals surface area contributed by atoms with Crippen molar-refractivity contribution in [3.8, 4) is 11.1 Å². The number of nitrogens with two attached hydrogens (primary N) is 1. The molecule has 0 spiro atoms. The van der Waals surface area contributed by atoms with Gasteiger partial charge in [-0.05, 0) is 52.6 Å². The molecular formula is C20H19NOS. The van der Waals surface area contributed by atoms with Gasteiger partial charge in [-0.2, -0.15) is 0 Å². The molecule has 23 heavy (non-hydrogen) atoms. The summed E-state index contributed by atoms with van der Waals surface area (Å²) in [6.45, 7) is 1.63. The maximum Gasteiger partial charge on any atom is 0.139 e. The molecule has 3 aromatic rings. The summed E-state index contributed by atoms with van der Waals surface area (Å²) >= 11 is 1.66. The largest absolute Gasteiger partial charge is 0.399 e. The lowest BCUT2D eigenvalue weighted by Gasteiger charge is -2.07. The van der Waals surface area contributed by atoms with Crippen molar-refractivity contribution in [3.05, 3.63) is 66.2 Å². The summed E-state index contributed by atoms with van der Waals surface area (Å²) in [4.78, 5) is 11.0. The van der Waals surface area contributed by atoms with Crippen LogP contribution in [0.4, 0.5) is 5.69 Å². The van der Waals surface area contributed by atoms with Crippen molar-refractivity contribution in [2.75, 3.05) is 11.5 Å². The van der Waals surface area contributed by atoms with E-state index < -0.39 is 0 Å². The zero-order valence-electron chi connectivity index (χ0n) is 13.1. The molecule has 0 unspecified atom stereocenters. The first-order valence-corrected chi connectivity index (χ1v) is 8.73. The van der Waals surface area contributed by atoms with E-state index in [1.165, 1.54) is 22.1 Å². The number of fused-ring (bicyclic) bond motifs is 1. The first kappa shape index (κ1) is 15.6. The fourth-order valence-corrected chi connectivity index (χ4v) is 3.37. The molecule has 116 valence electrons. The molecule has 2 nitrogen and oxygen atoms in total. The number of anilines is 1. The van der Waals surface area contributed by atoms with Gasteiger partial charge in [0.05, 0.1) is 5.75 Å². The van der Waals surface area contributed by atoms with Crippen LogP contribution in [0.1, 0.15) is 12.5 Å². The number of Topliss-reactive ketones (excluding diaryl/α,β-unsaturated/α-hetero) is 1. The number of carbonyl (C=O) groups excluding carboxylic acids is 1. The Morgan fingerprint density at radius 1 is 0.913 bits per heavy atom. The van der Waals surface area contributed by atoms with Crippen LogP contribution in [0.25, 0.3) is 21.9 Å². The molecule has 3 aromatic carbocycles. The van der Waals surface area contributed by atoms with Crippen molar-refractivity contribution >= 4 is 34.0 Å². The maximum atomic E-state index is 11.0. The van der Waals surface area contributed by atoms with Crippen LogP contribution in [0.15, 0.2) is 60.7 Å². The molecule has 0 aliphatic carbocycles. The third-order valence-corrected chi connectivity index (χ3v) is 4.87. The van der Waals surface area contributed by atoms with Crippen LogP contribution >= 0.6 is 11.8 Å². The monoisotopic (exact) mass is 321 g/mol. The first-order chi connectivity index (χ1) is 11.1. The van der Waals surface area contributed by atoms with Gasteiger partial charge in [-0.3, -0.25) is 4.79 Å². The zero-order chi connectivity index (χ0) is 16.2. The van der Waals surface area contributed by atoms with Crippen LogP contribution in [0.2, 0.25) is 0 Å². The Morgan fingerprint density at radius 3 is 2.30 bits per heavy atom. The SMILES string of the molecule is CC(=O)CSCc1ccc(-c2ccc3cc(N)ccc3c2)cc1. The predicted octanol–water partition coefficient (Wildman–Crippen LogP) is 4.91. The van der Waals surface area contributed by atoms with Gasteiger partial charge in [-0.1, -0.05) is 42.5 Å². The predicted molar refractivity (Wildman–Crippen MR) is 101 cm³/mol. The Hall–Kier alpha value is -2.26. The number of carbonyl (C=O) groups is 1. The normalized spacial score (nSPS) is 10.8. The second-order valence-corrected chi connectivity index (χ2v) is 6.70. The number of thioether (sulfide) groups is 1. The molecule has 3 rings (SSSR count). The minimum absolute atomic E-state index is 0.225. The summed E-state index contributed by atoms with van der Waals surface area (Å²) < 4.78 is 0. The average Bonchev–Trinajstić information content (AvgIpc) is 2.55. The summed E-state index contributed by atoms with van der Waals surface area (Å²) in [5, 5.41) is 2.35.